The van der Waals surface area contributed by atoms with E-state index in [-0.39, 0.29) is 11.4 Å². The number of rotatable bonds is 4. The summed E-state index contributed by atoms with van der Waals surface area (Å²) in [7, 11) is -3.82. The van der Waals surface area contributed by atoms with E-state index in [1.54, 1.807) is 12.1 Å². The highest BCUT2D eigenvalue weighted by Gasteiger charge is 2.39. The monoisotopic (exact) mass is 360 g/mol. The standard InChI is InChI=1S/C18H20N2O4S/c1-12-4-7-14(19)11-16(12)13-5-8-15(9-6-13)25(23,24)20-10-2-3-17(20)18(21)22/h4-9,11,17H,2-3,10,19H2,1H3,(H,21,22). The maximum Gasteiger partial charge on any atom is 0.322 e. The van der Waals surface area contributed by atoms with Gasteiger partial charge in [-0.15, -0.1) is 0 Å². The predicted molar refractivity (Wildman–Crippen MR) is 95.6 cm³/mol. The van der Waals surface area contributed by atoms with Crippen molar-refractivity contribution in [1.29, 1.82) is 0 Å². The Hall–Kier alpha value is -2.38. The molecule has 0 aliphatic carbocycles. The van der Waals surface area contributed by atoms with E-state index in [0.717, 1.165) is 21.0 Å². The van der Waals surface area contributed by atoms with E-state index in [0.29, 0.717) is 18.5 Å². The molecule has 0 spiro atoms. The van der Waals surface area contributed by atoms with Crippen LogP contribution in [0, 0.1) is 6.92 Å². The normalized spacial score (nSPS) is 18.4. The van der Waals surface area contributed by atoms with Gasteiger partial charge in [0.1, 0.15) is 6.04 Å². The molecule has 1 aliphatic heterocycles. The fourth-order valence-corrected chi connectivity index (χ4v) is 4.82. The Morgan fingerprint density at radius 1 is 1.20 bits per heavy atom. The van der Waals surface area contributed by atoms with Crippen LogP contribution in [-0.2, 0) is 14.8 Å². The summed E-state index contributed by atoms with van der Waals surface area (Å²) in [5, 5.41) is 9.23. The number of hydrogen-bond acceptors (Lipinski definition) is 4. The Morgan fingerprint density at radius 2 is 1.88 bits per heavy atom. The minimum atomic E-state index is -3.82. The fourth-order valence-electron chi connectivity index (χ4n) is 3.17. The lowest BCUT2D eigenvalue weighted by molar-refractivity contribution is -0.140. The van der Waals surface area contributed by atoms with Crippen molar-refractivity contribution in [3.63, 3.8) is 0 Å². The molecule has 1 saturated heterocycles. The van der Waals surface area contributed by atoms with Gasteiger partial charge < -0.3 is 10.8 Å². The van der Waals surface area contributed by atoms with Gasteiger partial charge >= 0.3 is 5.97 Å². The minimum absolute atomic E-state index is 0.103. The third kappa shape index (κ3) is 3.25. The maximum atomic E-state index is 12.8. The van der Waals surface area contributed by atoms with Crippen LogP contribution in [0.15, 0.2) is 47.4 Å². The molecule has 0 radical (unpaired) electrons. The average molecular weight is 360 g/mol. The van der Waals surface area contributed by atoms with Crippen molar-refractivity contribution in [2.75, 3.05) is 12.3 Å². The molecule has 0 aromatic heterocycles. The van der Waals surface area contributed by atoms with Crippen LogP contribution in [0.2, 0.25) is 0 Å². The number of hydrogen-bond donors (Lipinski definition) is 2. The molecule has 1 aliphatic rings. The average Bonchev–Trinajstić information content (AvgIpc) is 3.08. The number of aryl methyl sites for hydroxylation is 1. The molecule has 132 valence electrons. The van der Waals surface area contributed by atoms with E-state index in [2.05, 4.69) is 0 Å². The van der Waals surface area contributed by atoms with Crippen LogP contribution in [0.3, 0.4) is 0 Å². The third-order valence-electron chi connectivity index (χ3n) is 4.52. The molecule has 1 unspecified atom stereocenters. The summed E-state index contributed by atoms with van der Waals surface area (Å²) in [6, 6.07) is 11.1. The molecule has 7 heteroatoms. The lowest BCUT2D eigenvalue weighted by atomic mass is 10.0. The van der Waals surface area contributed by atoms with Crippen LogP contribution in [0.25, 0.3) is 11.1 Å². The second kappa shape index (κ2) is 6.50. The molecule has 0 bridgehead atoms. The zero-order valence-corrected chi connectivity index (χ0v) is 14.7. The molecule has 0 saturated carbocycles. The first-order valence-electron chi connectivity index (χ1n) is 8.02. The van der Waals surface area contributed by atoms with Crippen molar-refractivity contribution in [1.82, 2.24) is 4.31 Å². The number of anilines is 1. The quantitative estimate of drug-likeness (QED) is 0.816. The van der Waals surface area contributed by atoms with E-state index in [1.165, 1.54) is 12.1 Å². The maximum absolute atomic E-state index is 12.8. The lowest BCUT2D eigenvalue weighted by Gasteiger charge is -2.21. The van der Waals surface area contributed by atoms with Crippen LogP contribution in [0.5, 0.6) is 0 Å². The Labute approximate surface area is 146 Å². The first-order valence-corrected chi connectivity index (χ1v) is 9.46. The van der Waals surface area contributed by atoms with Gasteiger partial charge in [0.05, 0.1) is 4.90 Å². The van der Waals surface area contributed by atoms with E-state index >= 15 is 0 Å². The van der Waals surface area contributed by atoms with Crippen LogP contribution >= 0.6 is 0 Å². The number of sulfonamides is 1. The zero-order chi connectivity index (χ0) is 18.2. The number of nitrogen functional groups attached to an aromatic ring is 1. The second-order valence-electron chi connectivity index (χ2n) is 6.21. The van der Waals surface area contributed by atoms with Crippen molar-refractivity contribution < 1.29 is 18.3 Å². The molecule has 3 rings (SSSR count). The van der Waals surface area contributed by atoms with Crippen LogP contribution in [-0.4, -0.2) is 36.4 Å². The van der Waals surface area contributed by atoms with Gasteiger partial charge in [-0.3, -0.25) is 4.79 Å². The van der Waals surface area contributed by atoms with Crippen molar-refractivity contribution in [2.24, 2.45) is 0 Å². The minimum Gasteiger partial charge on any atom is -0.480 e. The first-order chi connectivity index (χ1) is 11.8. The van der Waals surface area contributed by atoms with E-state index in [1.807, 2.05) is 25.1 Å². The van der Waals surface area contributed by atoms with Gasteiger partial charge in [0.15, 0.2) is 0 Å². The van der Waals surface area contributed by atoms with Gasteiger partial charge in [-0.05, 0) is 60.7 Å². The summed E-state index contributed by atoms with van der Waals surface area (Å²) < 4.78 is 26.6. The Morgan fingerprint density at radius 3 is 2.52 bits per heavy atom. The summed E-state index contributed by atoms with van der Waals surface area (Å²) >= 11 is 0. The molecule has 6 nitrogen and oxygen atoms in total. The molecule has 2 aromatic rings. The van der Waals surface area contributed by atoms with Gasteiger partial charge in [-0.2, -0.15) is 4.31 Å². The van der Waals surface area contributed by atoms with Gasteiger partial charge in [-0.1, -0.05) is 18.2 Å². The fraction of sp³-hybridized carbons (Fsp3) is 0.278. The lowest BCUT2D eigenvalue weighted by Crippen LogP contribution is -2.40. The topological polar surface area (TPSA) is 101 Å². The molecular formula is C18H20N2O4S. The number of carboxylic acid groups (broad SMARTS) is 1. The molecule has 1 fully saturated rings. The molecule has 2 aromatic carbocycles. The highest BCUT2D eigenvalue weighted by Crippen LogP contribution is 2.30. The van der Waals surface area contributed by atoms with E-state index in [4.69, 9.17) is 5.73 Å². The molecule has 3 N–H and O–H groups in total. The van der Waals surface area contributed by atoms with Crippen molar-refractivity contribution >= 4 is 21.7 Å². The smallest absolute Gasteiger partial charge is 0.322 e. The highest BCUT2D eigenvalue weighted by atomic mass is 32.2. The Balaban J connectivity index is 1.94. The van der Waals surface area contributed by atoms with Crippen molar-refractivity contribution in [3.8, 4) is 11.1 Å². The SMILES string of the molecule is Cc1ccc(N)cc1-c1ccc(S(=O)(=O)N2CCCC2C(=O)O)cc1. The Bertz CT molecular complexity index is 907. The second-order valence-corrected chi connectivity index (χ2v) is 8.10. The summed E-state index contributed by atoms with van der Waals surface area (Å²) in [5.74, 6) is -1.10. The number of nitrogens with zero attached hydrogens (tertiary/aromatic N) is 1. The highest BCUT2D eigenvalue weighted by molar-refractivity contribution is 7.89. The van der Waals surface area contributed by atoms with Gasteiger partial charge in [0, 0.05) is 12.2 Å². The van der Waals surface area contributed by atoms with Gasteiger partial charge in [0.25, 0.3) is 0 Å². The first kappa shape index (κ1) is 17.4. The number of carboxylic acids is 1. The van der Waals surface area contributed by atoms with Crippen molar-refractivity contribution in [2.45, 2.75) is 30.7 Å². The van der Waals surface area contributed by atoms with Crippen molar-refractivity contribution in [3.05, 3.63) is 48.0 Å². The van der Waals surface area contributed by atoms with Crippen LogP contribution < -0.4 is 5.73 Å². The molecule has 0 amide bonds. The largest absolute Gasteiger partial charge is 0.480 e. The molecule has 25 heavy (non-hydrogen) atoms. The summed E-state index contributed by atoms with van der Waals surface area (Å²) in [5.41, 5.74) is 9.31. The zero-order valence-electron chi connectivity index (χ0n) is 13.8. The van der Waals surface area contributed by atoms with E-state index in [9.17, 15) is 18.3 Å². The predicted octanol–water partition coefficient (Wildman–Crippen LogP) is 2.48. The number of aliphatic carboxylic acids is 1. The summed E-state index contributed by atoms with van der Waals surface area (Å²) in [4.78, 5) is 11.4. The van der Waals surface area contributed by atoms with Gasteiger partial charge in [0.2, 0.25) is 10.0 Å². The van der Waals surface area contributed by atoms with Crippen LogP contribution in [0.4, 0.5) is 5.69 Å². The number of nitrogens with two attached hydrogens (primary N) is 1. The molecule has 1 atom stereocenters. The van der Waals surface area contributed by atoms with Gasteiger partial charge in [-0.25, -0.2) is 8.42 Å². The van der Waals surface area contributed by atoms with Crippen LogP contribution in [0.1, 0.15) is 18.4 Å². The summed E-state index contributed by atoms with van der Waals surface area (Å²) in [6.45, 7) is 2.19. The Kier molecular flexibility index (Phi) is 4.53. The van der Waals surface area contributed by atoms with E-state index < -0.39 is 22.0 Å². The summed E-state index contributed by atoms with van der Waals surface area (Å²) in [6.07, 6.45) is 0.895. The molecular weight excluding hydrogens is 340 g/mol. The third-order valence-corrected chi connectivity index (χ3v) is 6.44. The number of benzene rings is 2. The number of carbonyl (C=O) groups is 1. The molecule has 1 heterocycles.